The van der Waals surface area contributed by atoms with Gasteiger partial charge in [-0.15, -0.1) is 0 Å². The van der Waals surface area contributed by atoms with Gasteiger partial charge >= 0.3 is 0 Å². The fraction of sp³-hybridized carbons (Fsp3) is 0.433. The number of aryl methyl sites for hydroxylation is 2. The summed E-state index contributed by atoms with van der Waals surface area (Å²) in [4.78, 5) is 37.3. The molecule has 2 aromatic heterocycles. The minimum absolute atomic E-state index is 0.0783. The summed E-state index contributed by atoms with van der Waals surface area (Å²) >= 11 is 0. The van der Waals surface area contributed by atoms with E-state index in [-0.39, 0.29) is 23.4 Å². The molecule has 4 N–H and O–H groups in total. The fourth-order valence-corrected chi connectivity index (χ4v) is 5.03. The van der Waals surface area contributed by atoms with Crippen LogP contribution in [-0.4, -0.2) is 55.8 Å². The molecular formula is C30H42N8O2. The number of carbonyl (C=O) groups is 2. The highest BCUT2D eigenvalue weighted by molar-refractivity contribution is 6.29. The Morgan fingerprint density at radius 1 is 1.27 bits per heavy atom. The number of hydrogen-bond acceptors (Lipinski definition) is 7. The molecule has 0 bridgehead atoms. The van der Waals surface area contributed by atoms with E-state index in [0.717, 1.165) is 30.5 Å². The highest BCUT2D eigenvalue weighted by atomic mass is 16.2. The third-order valence-electron chi connectivity index (χ3n) is 7.24. The minimum Gasteiger partial charge on any atom is -0.404 e. The van der Waals surface area contributed by atoms with Crippen molar-refractivity contribution in [3.05, 3.63) is 66.5 Å². The number of carbonyl (C=O) groups excluding carboxylic acids is 2. The molecule has 3 rings (SSSR count). The standard InChI is InChI=1S/C30H42N8O2/c1-8-27(33-17-26(19(3)4)22-15-34-37(7)18-22)25(14-31)30(40)36-28-12-23(16-32-21(28)6)35-29(39)13-24-11-10-20(5)38(24)9-2/h8,12,14-20,24H,1,9-11,13,31H2,2-7H3,(H,35,39)(H,36,40)/b25-14+,26-17+,33-27+. The van der Waals surface area contributed by atoms with Gasteiger partial charge in [0, 0.05) is 49.7 Å². The number of amides is 2. The molecule has 2 amide bonds. The third-order valence-corrected chi connectivity index (χ3v) is 7.24. The highest BCUT2D eigenvalue weighted by Gasteiger charge is 2.30. The largest absolute Gasteiger partial charge is 0.404 e. The lowest BCUT2D eigenvalue weighted by molar-refractivity contribution is -0.117. The van der Waals surface area contributed by atoms with E-state index >= 15 is 0 Å². The quantitative estimate of drug-likeness (QED) is 0.282. The van der Waals surface area contributed by atoms with Gasteiger partial charge in [0.25, 0.3) is 5.91 Å². The maximum Gasteiger partial charge on any atom is 0.259 e. The van der Waals surface area contributed by atoms with Gasteiger partial charge in [-0.25, -0.2) is 0 Å². The number of pyridine rings is 1. The van der Waals surface area contributed by atoms with Crippen molar-refractivity contribution < 1.29 is 9.59 Å². The normalized spacial score (nSPS) is 18.7. The first-order valence-corrected chi connectivity index (χ1v) is 13.7. The molecule has 1 fully saturated rings. The predicted molar refractivity (Wildman–Crippen MR) is 162 cm³/mol. The topological polar surface area (TPSA) is 131 Å². The molecule has 0 saturated carbocycles. The van der Waals surface area contributed by atoms with Crippen LogP contribution in [0.15, 0.2) is 60.3 Å². The van der Waals surface area contributed by atoms with Gasteiger partial charge in [-0.05, 0) is 56.9 Å². The first kappa shape index (κ1) is 30.5. The van der Waals surface area contributed by atoms with Crippen molar-refractivity contribution in [3.8, 4) is 0 Å². The van der Waals surface area contributed by atoms with Gasteiger partial charge in [0.2, 0.25) is 5.91 Å². The number of aliphatic imine (C=N–C) groups is 1. The lowest BCUT2D eigenvalue weighted by Crippen LogP contribution is -2.36. The number of nitrogens with one attached hydrogen (secondary N) is 2. The van der Waals surface area contributed by atoms with Crippen LogP contribution in [0, 0.1) is 12.8 Å². The van der Waals surface area contributed by atoms with Gasteiger partial charge in [-0.1, -0.05) is 27.4 Å². The SMILES string of the molecule is C=CC(=N\C=C(\c1cnn(C)c1)C(C)C)/C(=C\N)C(=O)Nc1cc(NC(=O)CC2CCC(C)N2CC)cnc1C. The van der Waals surface area contributed by atoms with Crippen LogP contribution in [0.1, 0.15) is 58.2 Å². The van der Waals surface area contributed by atoms with Crippen molar-refractivity contribution in [1.29, 1.82) is 0 Å². The van der Waals surface area contributed by atoms with Gasteiger partial charge in [0.1, 0.15) is 0 Å². The summed E-state index contributed by atoms with van der Waals surface area (Å²) in [5.41, 5.74) is 9.82. The minimum atomic E-state index is -0.464. The lowest BCUT2D eigenvalue weighted by atomic mass is 9.99. The number of aromatic nitrogens is 3. The molecule has 10 heteroatoms. The van der Waals surface area contributed by atoms with Gasteiger partial charge in [0.15, 0.2) is 0 Å². The summed E-state index contributed by atoms with van der Waals surface area (Å²) in [6, 6.07) is 2.42. The van der Waals surface area contributed by atoms with Crippen molar-refractivity contribution in [1.82, 2.24) is 19.7 Å². The van der Waals surface area contributed by atoms with Crippen LogP contribution in [0.5, 0.6) is 0 Å². The Balaban J connectivity index is 1.75. The Bertz CT molecular complexity index is 1320. The first-order chi connectivity index (χ1) is 19.1. The van der Waals surface area contributed by atoms with E-state index in [0.29, 0.717) is 35.2 Å². The van der Waals surface area contributed by atoms with Gasteiger partial charge in [0.05, 0.1) is 40.7 Å². The Labute approximate surface area is 237 Å². The van der Waals surface area contributed by atoms with E-state index < -0.39 is 5.91 Å². The summed E-state index contributed by atoms with van der Waals surface area (Å²) in [5.74, 6) is -0.369. The van der Waals surface area contributed by atoms with Crippen LogP contribution >= 0.6 is 0 Å². The molecule has 1 aliphatic rings. The molecule has 2 atom stereocenters. The number of allylic oxidation sites excluding steroid dienone is 2. The van der Waals surface area contributed by atoms with E-state index in [9.17, 15) is 9.59 Å². The number of rotatable bonds is 11. The fourth-order valence-electron chi connectivity index (χ4n) is 5.03. The Kier molecular flexibility index (Phi) is 10.6. The smallest absolute Gasteiger partial charge is 0.259 e. The number of nitrogens with two attached hydrogens (primary N) is 1. The van der Waals surface area contributed by atoms with Crippen molar-refractivity contribution >= 4 is 34.5 Å². The second-order valence-electron chi connectivity index (χ2n) is 10.4. The summed E-state index contributed by atoms with van der Waals surface area (Å²) in [7, 11) is 1.85. The zero-order valence-corrected chi connectivity index (χ0v) is 24.4. The molecule has 2 aromatic rings. The first-order valence-electron chi connectivity index (χ1n) is 13.7. The van der Waals surface area contributed by atoms with Crippen LogP contribution in [-0.2, 0) is 16.6 Å². The molecule has 214 valence electrons. The lowest BCUT2D eigenvalue weighted by Gasteiger charge is -2.26. The molecule has 1 saturated heterocycles. The van der Waals surface area contributed by atoms with Crippen LogP contribution in [0.25, 0.3) is 5.57 Å². The van der Waals surface area contributed by atoms with Crippen LogP contribution < -0.4 is 16.4 Å². The number of anilines is 2. The van der Waals surface area contributed by atoms with E-state index in [4.69, 9.17) is 5.73 Å². The molecule has 40 heavy (non-hydrogen) atoms. The van der Waals surface area contributed by atoms with Crippen LogP contribution in [0.2, 0.25) is 0 Å². The molecule has 10 nitrogen and oxygen atoms in total. The molecule has 2 unspecified atom stereocenters. The van der Waals surface area contributed by atoms with Crippen LogP contribution in [0.4, 0.5) is 11.4 Å². The highest BCUT2D eigenvalue weighted by Crippen LogP contribution is 2.27. The average molecular weight is 547 g/mol. The van der Waals surface area contributed by atoms with Gasteiger partial charge in [-0.2, -0.15) is 5.10 Å². The monoisotopic (exact) mass is 546 g/mol. The Morgan fingerprint density at radius 3 is 2.62 bits per heavy atom. The van der Waals surface area contributed by atoms with E-state index in [2.05, 4.69) is 64.9 Å². The molecule has 3 heterocycles. The van der Waals surface area contributed by atoms with Crippen molar-refractivity contribution in [2.75, 3.05) is 17.2 Å². The van der Waals surface area contributed by atoms with Gasteiger partial charge < -0.3 is 16.4 Å². The zero-order chi connectivity index (χ0) is 29.4. The number of likely N-dealkylation sites (tertiary alicyclic amines) is 1. The summed E-state index contributed by atoms with van der Waals surface area (Å²) < 4.78 is 1.73. The van der Waals surface area contributed by atoms with E-state index in [1.54, 1.807) is 36.3 Å². The molecule has 0 spiro atoms. The molecular weight excluding hydrogens is 504 g/mol. The van der Waals surface area contributed by atoms with E-state index in [1.165, 1.54) is 12.3 Å². The average Bonchev–Trinajstić information content (AvgIpc) is 3.49. The van der Waals surface area contributed by atoms with Crippen molar-refractivity contribution in [3.63, 3.8) is 0 Å². The number of hydrogen-bond donors (Lipinski definition) is 3. The second kappa shape index (κ2) is 13.8. The maximum absolute atomic E-state index is 13.3. The molecule has 0 aromatic carbocycles. The second-order valence-corrected chi connectivity index (χ2v) is 10.4. The van der Waals surface area contributed by atoms with Crippen molar-refractivity contribution in [2.45, 2.75) is 66.0 Å². The Morgan fingerprint density at radius 2 is 2.02 bits per heavy atom. The predicted octanol–water partition coefficient (Wildman–Crippen LogP) is 4.43. The summed E-state index contributed by atoms with van der Waals surface area (Å²) in [5, 5.41) is 10.0. The molecule has 1 aliphatic heterocycles. The molecule has 0 radical (unpaired) electrons. The third kappa shape index (κ3) is 7.53. The van der Waals surface area contributed by atoms with Crippen LogP contribution in [0.3, 0.4) is 0 Å². The molecule has 0 aliphatic carbocycles. The van der Waals surface area contributed by atoms with E-state index in [1.807, 2.05) is 13.2 Å². The zero-order valence-electron chi connectivity index (χ0n) is 24.4. The van der Waals surface area contributed by atoms with Crippen molar-refractivity contribution in [2.24, 2.45) is 23.7 Å². The summed E-state index contributed by atoms with van der Waals surface area (Å²) in [6.45, 7) is 15.0. The van der Waals surface area contributed by atoms with Gasteiger partial charge in [-0.3, -0.25) is 29.1 Å². The Hall–Kier alpha value is -4.05. The maximum atomic E-state index is 13.3. The summed E-state index contributed by atoms with van der Waals surface area (Å²) in [6.07, 6.45) is 12.2. The number of nitrogens with zero attached hydrogens (tertiary/aromatic N) is 5.